The first-order valence-corrected chi connectivity index (χ1v) is 13.3. The van der Waals surface area contributed by atoms with Gasteiger partial charge in [0.2, 0.25) is 5.78 Å². The van der Waals surface area contributed by atoms with Crippen molar-refractivity contribution in [1.82, 2.24) is 0 Å². The zero-order valence-corrected chi connectivity index (χ0v) is 21.9. The summed E-state index contributed by atoms with van der Waals surface area (Å²) in [6, 6.07) is 0. The van der Waals surface area contributed by atoms with Crippen molar-refractivity contribution < 1.29 is 19.4 Å². The molecule has 0 bridgehead atoms. The molecule has 34 heavy (non-hydrogen) atoms. The van der Waals surface area contributed by atoms with Gasteiger partial charge in [0.1, 0.15) is 5.60 Å². The van der Waals surface area contributed by atoms with E-state index in [1.807, 2.05) is 6.92 Å². The second-order valence-corrected chi connectivity index (χ2v) is 13.6. The summed E-state index contributed by atoms with van der Waals surface area (Å²) in [5.41, 5.74) is 1.46. The summed E-state index contributed by atoms with van der Waals surface area (Å²) in [5, 5.41) is 9.90. The quantitative estimate of drug-likeness (QED) is 0.429. The highest BCUT2D eigenvalue weighted by Crippen LogP contribution is 2.70. The summed E-state index contributed by atoms with van der Waals surface area (Å²) >= 11 is 0. The second kappa shape index (κ2) is 7.58. The number of carbonyl (C=O) groups is 2. The van der Waals surface area contributed by atoms with Crippen LogP contribution in [0.15, 0.2) is 35.1 Å². The highest BCUT2D eigenvalue weighted by molar-refractivity contribution is 6.01. The van der Waals surface area contributed by atoms with E-state index in [9.17, 15) is 14.7 Å². The van der Waals surface area contributed by atoms with E-state index in [-0.39, 0.29) is 34.1 Å². The fourth-order valence-corrected chi connectivity index (χ4v) is 8.19. The fraction of sp³-hybridized carbons (Fsp3) is 0.733. The molecule has 2 saturated carbocycles. The summed E-state index contributed by atoms with van der Waals surface area (Å²) in [6.45, 7) is 13.2. The largest absolute Gasteiger partial charge is 0.483 e. The van der Waals surface area contributed by atoms with Crippen molar-refractivity contribution in [3.63, 3.8) is 0 Å². The van der Waals surface area contributed by atoms with Crippen LogP contribution in [-0.2, 0) is 14.3 Å². The van der Waals surface area contributed by atoms with Crippen LogP contribution in [0.4, 0.5) is 0 Å². The number of allylic oxidation sites excluding steroid dienone is 5. The first-order chi connectivity index (χ1) is 15.8. The average molecular weight is 467 g/mol. The number of Topliss-reactive ketones (excluding diaryl/α,β-unsaturated/α-hetero) is 1. The first kappa shape index (κ1) is 23.9. The van der Waals surface area contributed by atoms with E-state index in [1.54, 1.807) is 0 Å². The second-order valence-electron chi connectivity index (χ2n) is 13.6. The third-order valence-corrected chi connectivity index (χ3v) is 10.6. The van der Waals surface area contributed by atoms with Gasteiger partial charge in [-0.3, -0.25) is 9.59 Å². The Hall–Kier alpha value is -1.84. The van der Waals surface area contributed by atoms with Gasteiger partial charge in [-0.05, 0) is 88.5 Å². The molecule has 2 fully saturated rings. The van der Waals surface area contributed by atoms with Gasteiger partial charge in [-0.2, -0.15) is 0 Å². The molecule has 0 radical (unpaired) electrons. The van der Waals surface area contributed by atoms with Crippen molar-refractivity contribution in [2.75, 3.05) is 0 Å². The minimum Gasteiger partial charge on any atom is -0.483 e. The molecule has 0 aromatic rings. The van der Waals surface area contributed by atoms with E-state index in [1.165, 1.54) is 11.1 Å². The molecule has 186 valence electrons. The van der Waals surface area contributed by atoms with Crippen LogP contribution in [0.1, 0.15) is 92.9 Å². The number of carboxylic acids is 1. The molecule has 1 aliphatic heterocycles. The monoisotopic (exact) mass is 466 g/mol. The maximum absolute atomic E-state index is 13.7. The molecule has 1 heterocycles. The summed E-state index contributed by atoms with van der Waals surface area (Å²) in [6.07, 6.45) is 14.0. The molecular formula is C30H42O4. The van der Waals surface area contributed by atoms with E-state index in [0.29, 0.717) is 30.4 Å². The molecule has 4 aliphatic carbocycles. The molecule has 5 aliphatic rings. The molecule has 0 aromatic heterocycles. The number of rotatable bonds is 1. The Bertz CT molecular complexity index is 1010. The zero-order chi connectivity index (χ0) is 24.7. The molecule has 1 N–H and O–H groups in total. The molecule has 7 atom stereocenters. The highest BCUT2D eigenvalue weighted by Gasteiger charge is 2.68. The summed E-state index contributed by atoms with van der Waals surface area (Å²) in [7, 11) is 0. The number of aliphatic carboxylic acids is 1. The molecule has 0 saturated heterocycles. The Labute approximate surface area is 204 Å². The maximum Gasteiger partial charge on any atom is 0.309 e. The van der Waals surface area contributed by atoms with Crippen LogP contribution in [-0.4, -0.2) is 22.5 Å². The van der Waals surface area contributed by atoms with Crippen LogP contribution in [0.5, 0.6) is 0 Å². The lowest BCUT2D eigenvalue weighted by Crippen LogP contribution is -2.42. The fourth-order valence-electron chi connectivity index (χ4n) is 8.19. The Morgan fingerprint density at radius 1 is 1.12 bits per heavy atom. The van der Waals surface area contributed by atoms with Crippen LogP contribution in [0, 0.1) is 39.9 Å². The van der Waals surface area contributed by atoms with Gasteiger partial charge in [-0.15, -0.1) is 0 Å². The number of carbonyl (C=O) groups excluding carboxylic acids is 1. The van der Waals surface area contributed by atoms with Gasteiger partial charge in [0.15, 0.2) is 5.76 Å². The van der Waals surface area contributed by atoms with Crippen LogP contribution in [0.3, 0.4) is 0 Å². The third-order valence-electron chi connectivity index (χ3n) is 10.6. The smallest absolute Gasteiger partial charge is 0.309 e. The molecular weight excluding hydrogens is 424 g/mol. The van der Waals surface area contributed by atoms with Crippen molar-refractivity contribution in [3.8, 4) is 0 Å². The number of carboxylic acid groups (broad SMARTS) is 1. The summed E-state index contributed by atoms with van der Waals surface area (Å²) < 4.78 is 6.78. The van der Waals surface area contributed by atoms with Gasteiger partial charge in [0.05, 0.1) is 5.41 Å². The van der Waals surface area contributed by atoms with E-state index >= 15 is 0 Å². The third kappa shape index (κ3) is 3.45. The summed E-state index contributed by atoms with van der Waals surface area (Å²) in [5.74, 6) is 1.03. The van der Waals surface area contributed by atoms with E-state index in [2.05, 4.69) is 52.8 Å². The van der Waals surface area contributed by atoms with Gasteiger partial charge >= 0.3 is 5.97 Å². The van der Waals surface area contributed by atoms with Gasteiger partial charge in [0, 0.05) is 23.7 Å². The molecule has 5 rings (SSSR count). The van der Waals surface area contributed by atoms with Crippen LogP contribution < -0.4 is 0 Å². The van der Waals surface area contributed by atoms with Gasteiger partial charge in [-0.1, -0.05) is 44.6 Å². The Morgan fingerprint density at radius 2 is 1.85 bits per heavy atom. The number of fused-ring (bicyclic) bond motifs is 5. The summed E-state index contributed by atoms with van der Waals surface area (Å²) in [4.78, 5) is 25.8. The number of hydrogen-bond donors (Lipinski definition) is 1. The van der Waals surface area contributed by atoms with Crippen molar-refractivity contribution in [1.29, 1.82) is 0 Å². The van der Waals surface area contributed by atoms with E-state index < -0.39 is 11.4 Å². The first-order valence-electron chi connectivity index (χ1n) is 13.3. The predicted molar refractivity (Wildman–Crippen MR) is 133 cm³/mol. The Balaban J connectivity index is 1.50. The Kier molecular flexibility index (Phi) is 5.32. The SMILES string of the molecule is CC1=CCC(C)(C)C=CC[C@]2(C)OC3=C(C[C@H]2CC1)[C@@]1(C)[C@@H]2C[C@@](C)(C(=O)O)C[C@@H]2C[C@H]1C3=O. The van der Waals surface area contributed by atoms with Gasteiger partial charge in [0.25, 0.3) is 0 Å². The maximum atomic E-state index is 13.7. The molecule has 0 amide bonds. The lowest BCUT2D eigenvalue weighted by molar-refractivity contribution is -0.148. The molecule has 4 heteroatoms. The van der Waals surface area contributed by atoms with Gasteiger partial charge < -0.3 is 9.84 Å². The topological polar surface area (TPSA) is 63.6 Å². The highest BCUT2D eigenvalue weighted by atomic mass is 16.5. The predicted octanol–water partition coefficient (Wildman–Crippen LogP) is 6.86. The lowest BCUT2D eigenvalue weighted by atomic mass is 9.65. The lowest BCUT2D eigenvalue weighted by Gasteiger charge is -2.45. The average Bonchev–Trinajstić information content (AvgIpc) is 3.29. The van der Waals surface area contributed by atoms with Crippen molar-refractivity contribution in [2.24, 2.45) is 39.9 Å². The van der Waals surface area contributed by atoms with Gasteiger partial charge in [-0.25, -0.2) is 0 Å². The number of ketones is 1. The van der Waals surface area contributed by atoms with Crippen molar-refractivity contribution >= 4 is 11.8 Å². The van der Waals surface area contributed by atoms with Crippen LogP contribution in [0.2, 0.25) is 0 Å². The standard InChI is InChI=1S/C30H42O4/c1-18-8-9-20-15-22-25(34-29(20,5)12-7-11-27(2,3)13-10-18)24(31)21-14-19-16-28(4,26(32)33)17-23(19)30(21,22)6/h7,10-11,19-21,23H,8-9,12-17H2,1-6H3,(H,32,33)/t19-,20+,21-,23+,28-,29-,30-/m0/s1. The van der Waals surface area contributed by atoms with Crippen molar-refractivity contribution in [3.05, 3.63) is 35.1 Å². The Morgan fingerprint density at radius 3 is 2.56 bits per heavy atom. The van der Waals surface area contributed by atoms with E-state index in [4.69, 9.17) is 4.74 Å². The normalized spacial score (nSPS) is 45.5. The minimum atomic E-state index is -0.687. The van der Waals surface area contributed by atoms with Crippen LogP contribution in [0.25, 0.3) is 0 Å². The zero-order valence-electron chi connectivity index (χ0n) is 21.9. The molecule has 0 spiro atoms. The van der Waals surface area contributed by atoms with Crippen molar-refractivity contribution in [2.45, 2.75) is 98.5 Å². The number of hydrogen-bond acceptors (Lipinski definition) is 3. The molecule has 0 unspecified atom stereocenters. The van der Waals surface area contributed by atoms with Crippen LogP contribution >= 0.6 is 0 Å². The molecule has 4 nitrogen and oxygen atoms in total. The number of ether oxygens (including phenoxy) is 1. The molecule has 0 aromatic carbocycles. The van der Waals surface area contributed by atoms with E-state index in [0.717, 1.165) is 38.5 Å². The minimum absolute atomic E-state index is 0.0381.